The van der Waals surface area contributed by atoms with Crippen LogP contribution in [0.15, 0.2) is 0 Å². The first kappa shape index (κ1) is 13.0. The summed E-state index contributed by atoms with van der Waals surface area (Å²) < 4.78 is 0. The predicted molar refractivity (Wildman–Crippen MR) is 66.9 cm³/mol. The number of rotatable bonds is 5. The molecule has 1 fully saturated rings. The first-order valence-corrected chi connectivity index (χ1v) is 6.42. The Kier molecular flexibility index (Phi) is 4.60. The summed E-state index contributed by atoms with van der Waals surface area (Å²) in [5, 5.41) is 0. The molecule has 1 aliphatic carbocycles. The van der Waals surface area contributed by atoms with Crippen LogP contribution >= 0.6 is 0 Å². The van der Waals surface area contributed by atoms with Gasteiger partial charge in [-0.15, -0.1) is 0 Å². The Bertz CT molecular complexity index is 181. The molecule has 0 aromatic rings. The Hall–Kier alpha value is -0.0800. The molecule has 15 heavy (non-hydrogen) atoms. The van der Waals surface area contributed by atoms with E-state index in [1.165, 1.54) is 38.5 Å². The number of likely N-dealkylation sites (N-methyl/N-ethyl adjacent to an activating group) is 1. The van der Waals surface area contributed by atoms with E-state index in [-0.39, 0.29) is 0 Å². The molecule has 1 aliphatic rings. The maximum absolute atomic E-state index is 6.42. The van der Waals surface area contributed by atoms with Crippen molar-refractivity contribution < 1.29 is 0 Å². The third-order valence-electron chi connectivity index (χ3n) is 4.11. The van der Waals surface area contributed by atoms with Gasteiger partial charge in [-0.05, 0) is 45.7 Å². The molecule has 0 amide bonds. The summed E-state index contributed by atoms with van der Waals surface area (Å²) in [7, 11) is 4.39. The highest BCUT2D eigenvalue weighted by Crippen LogP contribution is 2.37. The van der Waals surface area contributed by atoms with Gasteiger partial charge in [0, 0.05) is 11.6 Å². The predicted octanol–water partition coefficient (Wildman–Crippen LogP) is 2.62. The van der Waals surface area contributed by atoms with Crippen LogP contribution in [0.2, 0.25) is 0 Å². The summed E-state index contributed by atoms with van der Waals surface area (Å²) >= 11 is 0. The van der Waals surface area contributed by atoms with Crippen molar-refractivity contribution in [2.24, 2.45) is 11.7 Å². The summed E-state index contributed by atoms with van der Waals surface area (Å²) in [5.74, 6) is 0.775. The molecule has 90 valence electrons. The minimum absolute atomic E-state index is 0.300. The molecule has 0 aromatic heterocycles. The number of nitrogens with two attached hydrogens (primary N) is 1. The molecule has 2 heteroatoms. The van der Waals surface area contributed by atoms with E-state index in [4.69, 9.17) is 5.73 Å². The highest BCUT2D eigenvalue weighted by Gasteiger charge is 2.40. The zero-order chi connectivity index (χ0) is 11.5. The van der Waals surface area contributed by atoms with E-state index in [1.54, 1.807) is 0 Å². The molecule has 0 spiro atoms. The normalized spacial score (nSPS) is 22.6. The maximum Gasteiger partial charge on any atom is 0.0354 e. The van der Waals surface area contributed by atoms with E-state index >= 15 is 0 Å². The molecule has 0 bridgehead atoms. The average Bonchev–Trinajstić information content (AvgIpc) is 2.63. The van der Waals surface area contributed by atoms with E-state index in [2.05, 4.69) is 32.8 Å². The summed E-state index contributed by atoms with van der Waals surface area (Å²) in [6.45, 7) is 4.56. The molecule has 1 unspecified atom stereocenters. The van der Waals surface area contributed by atoms with Crippen LogP contribution in [0.4, 0.5) is 0 Å². The summed E-state index contributed by atoms with van der Waals surface area (Å²) in [6, 6.07) is 0.359. The molecule has 0 saturated heterocycles. The number of nitrogens with zero attached hydrogens (tertiary/aromatic N) is 1. The first-order valence-electron chi connectivity index (χ1n) is 6.42. The molecule has 1 atom stereocenters. The van der Waals surface area contributed by atoms with Crippen LogP contribution < -0.4 is 5.73 Å². The van der Waals surface area contributed by atoms with Crippen LogP contribution in [-0.2, 0) is 0 Å². The smallest absolute Gasteiger partial charge is 0.0354 e. The molecule has 2 N–H and O–H groups in total. The average molecular weight is 212 g/mol. The van der Waals surface area contributed by atoms with Gasteiger partial charge in [0.1, 0.15) is 0 Å². The van der Waals surface area contributed by atoms with E-state index < -0.39 is 0 Å². The monoisotopic (exact) mass is 212 g/mol. The van der Waals surface area contributed by atoms with Crippen molar-refractivity contribution in [3.63, 3.8) is 0 Å². The Morgan fingerprint density at radius 3 is 2.07 bits per heavy atom. The third-order valence-corrected chi connectivity index (χ3v) is 4.11. The van der Waals surface area contributed by atoms with Crippen LogP contribution in [0.1, 0.15) is 52.4 Å². The molecular formula is C13H28N2. The van der Waals surface area contributed by atoms with Gasteiger partial charge < -0.3 is 10.6 Å². The van der Waals surface area contributed by atoms with Gasteiger partial charge >= 0.3 is 0 Å². The minimum Gasteiger partial charge on any atom is -0.326 e. The van der Waals surface area contributed by atoms with Crippen molar-refractivity contribution in [2.75, 3.05) is 14.1 Å². The van der Waals surface area contributed by atoms with Gasteiger partial charge in [-0.1, -0.05) is 26.7 Å². The lowest BCUT2D eigenvalue weighted by atomic mass is 9.83. The Morgan fingerprint density at radius 1 is 1.13 bits per heavy atom. The van der Waals surface area contributed by atoms with Crippen molar-refractivity contribution >= 4 is 0 Å². The summed E-state index contributed by atoms with van der Waals surface area (Å²) in [6.07, 6.45) is 7.73. The molecule has 0 aromatic carbocycles. The van der Waals surface area contributed by atoms with Gasteiger partial charge in [-0.3, -0.25) is 0 Å². The van der Waals surface area contributed by atoms with Gasteiger partial charge in [0.2, 0.25) is 0 Å². The van der Waals surface area contributed by atoms with Crippen molar-refractivity contribution in [1.82, 2.24) is 4.90 Å². The number of hydrogen-bond acceptors (Lipinski definition) is 2. The van der Waals surface area contributed by atoms with Crippen LogP contribution in [0, 0.1) is 5.92 Å². The fourth-order valence-electron chi connectivity index (χ4n) is 2.92. The minimum atomic E-state index is 0.300. The second-order valence-electron chi connectivity index (χ2n) is 5.78. The fraction of sp³-hybridized carbons (Fsp3) is 1.00. The van der Waals surface area contributed by atoms with Crippen molar-refractivity contribution in [2.45, 2.75) is 64.0 Å². The van der Waals surface area contributed by atoms with Crippen LogP contribution in [0.5, 0.6) is 0 Å². The van der Waals surface area contributed by atoms with Crippen LogP contribution in [-0.4, -0.2) is 30.6 Å². The van der Waals surface area contributed by atoms with Gasteiger partial charge in [0.15, 0.2) is 0 Å². The van der Waals surface area contributed by atoms with E-state index in [1.807, 2.05) is 0 Å². The summed E-state index contributed by atoms with van der Waals surface area (Å²) in [4.78, 5) is 2.38. The first-order chi connectivity index (χ1) is 6.99. The van der Waals surface area contributed by atoms with Crippen LogP contribution in [0.3, 0.4) is 0 Å². The Morgan fingerprint density at radius 2 is 1.67 bits per heavy atom. The van der Waals surface area contributed by atoms with Crippen molar-refractivity contribution in [1.29, 1.82) is 0 Å². The van der Waals surface area contributed by atoms with E-state index in [0.29, 0.717) is 11.6 Å². The zero-order valence-corrected chi connectivity index (χ0v) is 10.9. The number of hydrogen-bond donors (Lipinski definition) is 1. The molecule has 1 rings (SSSR count). The topological polar surface area (TPSA) is 29.3 Å². The highest BCUT2D eigenvalue weighted by molar-refractivity contribution is 5.00. The molecule has 0 aliphatic heterocycles. The lowest BCUT2D eigenvalue weighted by molar-refractivity contribution is 0.116. The van der Waals surface area contributed by atoms with Crippen molar-refractivity contribution in [3.8, 4) is 0 Å². The summed E-state index contributed by atoms with van der Waals surface area (Å²) in [5.41, 5.74) is 6.72. The van der Waals surface area contributed by atoms with Gasteiger partial charge in [0.05, 0.1) is 0 Å². The Labute approximate surface area is 95.2 Å². The third kappa shape index (κ3) is 2.94. The van der Waals surface area contributed by atoms with Gasteiger partial charge in [-0.25, -0.2) is 0 Å². The lowest BCUT2D eigenvalue weighted by Crippen LogP contribution is -2.55. The lowest BCUT2D eigenvalue weighted by Gasteiger charge is -2.41. The largest absolute Gasteiger partial charge is 0.326 e. The molecule has 0 radical (unpaired) electrons. The van der Waals surface area contributed by atoms with Crippen molar-refractivity contribution in [3.05, 3.63) is 0 Å². The molecule has 2 nitrogen and oxygen atoms in total. The standard InChI is InChI=1S/C13H28N2/c1-11(2)7-8-12(14)13(15(3)4)9-5-6-10-13/h11-12H,5-10,14H2,1-4H3. The maximum atomic E-state index is 6.42. The second kappa shape index (κ2) is 5.31. The Balaban J connectivity index is 2.56. The van der Waals surface area contributed by atoms with Gasteiger partial charge in [0.25, 0.3) is 0 Å². The zero-order valence-electron chi connectivity index (χ0n) is 10.9. The van der Waals surface area contributed by atoms with Crippen LogP contribution in [0.25, 0.3) is 0 Å². The quantitative estimate of drug-likeness (QED) is 0.759. The highest BCUT2D eigenvalue weighted by atomic mass is 15.2. The fourth-order valence-corrected chi connectivity index (χ4v) is 2.92. The van der Waals surface area contributed by atoms with E-state index in [9.17, 15) is 0 Å². The van der Waals surface area contributed by atoms with Gasteiger partial charge in [-0.2, -0.15) is 0 Å². The second-order valence-corrected chi connectivity index (χ2v) is 5.78. The SMILES string of the molecule is CC(C)CCC(N)C1(N(C)C)CCCC1. The molecular weight excluding hydrogens is 184 g/mol. The van der Waals surface area contributed by atoms with E-state index in [0.717, 1.165) is 5.92 Å². The molecule has 0 heterocycles. The molecule has 1 saturated carbocycles.